The van der Waals surface area contributed by atoms with E-state index in [4.69, 9.17) is 29.5 Å². The monoisotopic (exact) mass is 561 g/mol. The molecule has 1 unspecified atom stereocenters. The number of rotatable bonds is 6. The summed E-state index contributed by atoms with van der Waals surface area (Å²) in [5.41, 5.74) is 2.36. The van der Waals surface area contributed by atoms with Gasteiger partial charge in [0.05, 0.1) is 31.1 Å². The molecule has 0 bridgehead atoms. The van der Waals surface area contributed by atoms with Crippen molar-refractivity contribution in [3.8, 4) is 0 Å². The number of aryl methyl sites for hydroxylation is 1. The van der Waals surface area contributed by atoms with Crippen LogP contribution in [0.2, 0.25) is 0 Å². The fraction of sp³-hybridized carbons (Fsp3) is 0.600. The van der Waals surface area contributed by atoms with Crippen molar-refractivity contribution < 1.29 is 50.9 Å². The van der Waals surface area contributed by atoms with E-state index in [-0.39, 0.29) is 6.04 Å². The first kappa shape index (κ1) is 30.3. The van der Waals surface area contributed by atoms with Gasteiger partial charge in [0.15, 0.2) is 5.13 Å². The first-order valence-electron chi connectivity index (χ1n) is 10.8. The smallest absolute Gasteiger partial charge is 0.475 e. The van der Waals surface area contributed by atoms with Gasteiger partial charge in [-0.1, -0.05) is 0 Å². The standard InChI is InChI=1S/C16H23N5OS.2C2HF3O2/c1-20-8-13(7-18-20)9-21-4-5-22-10-15(21)14-11-23-16(19-14)17-6-12-2-3-12;2*3-2(4,5)1(6)7/h7-8,11-12,15H,2-6,9-10H2,1H3,(H,17,19);2*(H,6,7). The van der Waals surface area contributed by atoms with E-state index in [1.54, 1.807) is 11.3 Å². The molecule has 17 heteroatoms. The molecule has 2 aliphatic rings. The maximum atomic E-state index is 10.6. The Labute approximate surface area is 210 Å². The van der Waals surface area contributed by atoms with Gasteiger partial charge in [0.2, 0.25) is 0 Å². The fourth-order valence-corrected chi connectivity index (χ4v) is 3.73. The average molecular weight is 562 g/mol. The number of carboxylic acid groups (broad SMARTS) is 2. The molecule has 10 nitrogen and oxygen atoms in total. The van der Waals surface area contributed by atoms with Gasteiger partial charge in [0.1, 0.15) is 0 Å². The first-order chi connectivity index (χ1) is 17.2. The number of alkyl halides is 6. The molecule has 0 aromatic carbocycles. The molecule has 1 aliphatic carbocycles. The molecule has 3 N–H and O–H groups in total. The Hall–Kier alpha value is -2.92. The lowest BCUT2D eigenvalue weighted by Crippen LogP contribution is -2.39. The largest absolute Gasteiger partial charge is 0.490 e. The molecule has 1 saturated heterocycles. The Morgan fingerprint density at radius 2 is 1.76 bits per heavy atom. The molecule has 0 radical (unpaired) electrons. The van der Waals surface area contributed by atoms with Crippen molar-refractivity contribution in [2.45, 2.75) is 37.8 Å². The summed E-state index contributed by atoms with van der Waals surface area (Å²) in [5, 5.41) is 25.2. The van der Waals surface area contributed by atoms with Crippen LogP contribution in [0.25, 0.3) is 0 Å². The van der Waals surface area contributed by atoms with Crippen LogP contribution in [0.5, 0.6) is 0 Å². The maximum Gasteiger partial charge on any atom is 0.490 e. The van der Waals surface area contributed by atoms with Crippen LogP contribution in [0.3, 0.4) is 0 Å². The summed E-state index contributed by atoms with van der Waals surface area (Å²) in [6, 6.07) is 0.233. The summed E-state index contributed by atoms with van der Waals surface area (Å²) >= 11 is 1.70. The predicted octanol–water partition coefficient (Wildman–Crippen LogP) is 3.54. The molecule has 2 aromatic heterocycles. The summed E-state index contributed by atoms with van der Waals surface area (Å²) in [6.07, 6.45) is -3.42. The Balaban J connectivity index is 0.000000286. The molecule has 0 amide bonds. The molecule has 37 heavy (non-hydrogen) atoms. The molecule has 3 heterocycles. The van der Waals surface area contributed by atoms with E-state index in [1.165, 1.54) is 18.4 Å². The van der Waals surface area contributed by atoms with Crippen molar-refractivity contribution in [2.24, 2.45) is 13.0 Å². The number of aromatic nitrogens is 3. The zero-order valence-electron chi connectivity index (χ0n) is 19.4. The molecule has 4 rings (SSSR count). The molecule has 0 spiro atoms. The number of carbonyl (C=O) groups is 2. The number of aliphatic carboxylic acids is 2. The second kappa shape index (κ2) is 13.0. The zero-order chi connectivity index (χ0) is 27.8. The summed E-state index contributed by atoms with van der Waals surface area (Å²) < 4.78 is 71.0. The molecular formula is C20H25F6N5O5S. The second-order valence-electron chi connectivity index (χ2n) is 8.09. The lowest BCUT2D eigenvalue weighted by molar-refractivity contribution is -0.193. The van der Waals surface area contributed by atoms with Gasteiger partial charge in [-0.25, -0.2) is 14.6 Å². The van der Waals surface area contributed by atoms with E-state index in [2.05, 4.69) is 26.9 Å². The number of nitrogens with zero attached hydrogens (tertiary/aromatic N) is 4. The van der Waals surface area contributed by atoms with E-state index >= 15 is 0 Å². The van der Waals surface area contributed by atoms with E-state index in [0.29, 0.717) is 6.61 Å². The van der Waals surface area contributed by atoms with Gasteiger partial charge >= 0.3 is 24.3 Å². The van der Waals surface area contributed by atoms with Gasteiger partial charge in [-0.3, -0.25) is 9.58 Å². The molecule has 1 saturated carbocycles. The van der Waals surface area contributed by atoms with Gasteiger partial charge in [-0.05, 0) is 18.8 Å². The minimum atomic E-state index is -5.08. The average Bonchev–Trinajstić information content (AvgIpc) is 3.36. The molecular weight excluding hydrogens is 536 g/mol. The third-order valence-electron chi connectivity index (χ3n) is 4.97. The van der Waals surface area contributed by atoms with Crippen LogP contribution in [-0.4, -0.2) is 80.5 Å². The predicted molar refractivity (Wildman–Crippen MR) is 118 cm³/mol. The lowest BCUT2D eigenvalue weighted by atomic mass is 10.1. The Bertz CT molecular complexity index is 1000. The summed E-state index contributed by atoms with van der Waals surface area (Å²) in [5.74, 6) is -4.65. The summed E-state index contributed by atoms with van der Waals surface area (Å²) in [6.45, 7) is 4.39. The number of halogens is 6. The number of ether oxygens (including phenoxy) is 1. The molecule has 2 aromatic rings. The number of nitrogens with one attached hydrogen (secondary N) is 1. The first-order valence-corrected chi connectivity index (χ1v) is 11.6. The number of thiazole rings is 1. The molecule has 1 aliphatic heterocycles. The van der Waals surface area contributed by atoms with Gasteiger partial charge in [0.25, 0.3) is 0 Å². The van der Waals surface area contributed by atoms with Crippen molar-refractivity contribution in [2.75, 3.05) is 31.6 Å². The van der Waals surface area contributed by atoms with Crippen LogP contribution in [0, 0.1) is 5.92 Å². The SMILES string of the molecule is Cn1cc(CN2CCOCC2c2csc(NCC3CC3)n2)cn1.O=C(O)C(F)(F)F.O=C(O)C(F)(F)F. The normalized spacial score (nSPS) is 18.2. The van der Waals surface area contributed by atoms with Gasteiger partial charge in [-0.15, -0.1) is 11.3 Å². The van der Waals surface area contributed by atoms with Crippen LogP contribution in [0.1, 0.15) is 30.1 Å². The Morgan fingerprint density at radius 1 is 1.16 bits per heavy atom. The van der Waals surface area contributed by atoms with Gasteiger partial charge in [0, 0.05) is 43.8 Å². The summed E-state index contributed by atoms with van der Waals surface area (Å²) in [7, 11) is 1.96. The zero-order valence-corrected chi connectivity index (χ0v) is 20.2. The van der Waals surface area contributed by atoms with E-state index in [9.17, 15) is 26.3 Å². The highest BCUT2D eigenvalue weighted by Crippen LogP contribution is 2.31. The van der Waals surface area contributed by atoms with E-state index < -0.39 is 24.3 Å². The maximum absolute atomic E-state index is 10.6. The second-order valence-corrected chi connectivity index (χ2v) is 8.95. The number of hydrogen-bond donors (Lipinski definition) is 3. The Kier molecular flexibility index (Phi) is 10.7. The van der Waals surface area contributed by atoms with Crippen LogP contribution in [0.4, 0.5) is 31.5 Å². The van der Waals surface area contributed by atoms with Crippen molar-refractivity contribution in [1.82, 2.24) is 19.7 Å². The highest BCUT2D eigenvalue weighted by atomic mass is 32.1. The van der Waals surface area contributed by atoms with Crippen molar-refractivity contribution in [3.63, 3.8) is 0 Å². The highest BCUT2D eigenvalue weighted by Gasteiger charge is 2.39. The Morgan fingerprint density at radius 3 is 2.24 bits per heavy atom. The highest BCUT2D eigenvalue weighted by molar-refractivity contribution is 7.13. The third-order valence-corrected chi connectivity index (χ3v) is 5.79. The minimum absolute atomic E-state index is 0.233. The van der Waals surface area contributed by atoms with Crippen molar-refractivity contribution >= 4 is 28.4 Å². The van der Waals surface area contributed by atoms with Crippen LogP contribution >= 0.6 is 11.3 Å². The number of hydrogen-bond acceptors (Lipinski definition) is 8. The van der Waals surface area contributed by atoms with E-state index in [1.807, 2.05) is 17.9 Å². The van der Waals surface area contributed by atoms with Crippen molar-refractivity contribution in [3.05, 3.63) is 29.0 Å². The lowest BCUT2D eigenvalue weighted by Gasteiger charge is -2.34. The van der Waals surface area contributed by atoms with Crippen LogP contribution in [-0.2, 0) is 27.9 Å². The van der Waals surface area contributed by atoms with Gasteiger partial charge < -0.3 is 20.3 Å². The molecule has 1 atom stereocenters. The minimum Gasteiger partial charge on any atom is -0.475 e. The number of anilines is 1. The van der Waals surface area contributed by atoms with Gasteiger partial charge in [-0.2, -0.15) is 31.4 Å². The van der Waals surface area contributed by atoms with Crippen LogP contribution < -0.4 is 5.32 Å². The number of morpholine rings is 1. The quantitative estimate of drug-likeness (QED) is 0.454. The third kappa shape index (κ3) is 10.9. The van der Waals surface area contributed by atoms with E-state index in [0.717, 1.165) is 43.0 Å². The molecule has 208 valence electrons. The topological polar surface area (TPSA) is 130 Å². The van der Waals surface area contributed by atoms with Crippen LogP contribution in [0.15, 0.2) is 17.8 Å². The number of carboxylic acids is 2. The summed E-state index contributed by atoms with van der Waals surface area (Å²) in [4.78, 5) is 25.0. The van der Waals surface area contributed by atoms with Crippen molar-refractivity contribution in [1.29, 1.82) is 0 Å². The fourth-order valence-electron chi connectivity index (χ4n) is 2.96. The molecule has 2 fully saturated rings.